The van der Waals surface area contributed by atoms with Crippen molar-refractivity contribution in [3.8, 4) is 11.3 Å². The average Bonchev–Trinajstić information content (AvgIpc) is 2.48. The van der Waals surface area contributed by atoms with Crippen molar-refractivity contribution in [2.24, 2.45) is 0 Å². The molecule has 0 aliphatic carbocycles. The van der Waals surface area contributed by atoms with Gasteiger partial charge in [0.2, 0.25) is 0 Å². The van der Waals surface area contributed by atoms with Gasteiger partial charge in [-0.15, -0.1) is 0 Å². The lowest BCUT2D eigenvalue weighted by Crippen LogP contribution is -2.24. The Balaban J connectivity index is 2.11. The number of H-pyrrole nitrogens is 1. The molecule has 0 unspecified atom stereocenters. The molecule has 0 bridgehead atoms. The first-order chi connectivity index (χ1) is 9.29. The number of anilines is 2. The van der Waals surface area contributed by atoms with Crippen LogP contribution in [-0.4, -0.2) is 23.8 Å². The molecule has 0 spiro atoms. The summed E-state index contributed by atoms with van der Waals surface area (Å²) in [6.45, 7) is 0.889. The Morgan fingerprint density at radius 1 is 1.26 bits per heavy atom. The Labute approximate surface area is 111 Å². The van der Waals surface area contributed by atoms with E-state index in [-0.39, 0.29) is 5.56 Å². The van der Waals surface area contributed by atoms with Gasteiger partial charge in [-0.2, -0.15) is 5.10 Å². The Bertz CT molecular complexity index is 645. The molecular weight excluding hydrogens is 240 g/mol. The summed E-state index contributed by atoms with van der Waals surface area (Å²) in [5, 5.41) is 13.2. The van der Waals surface area contributed by atoms with Gasteiger partial charge in [-0.05, 0) is 25.0 Å². The second kappa shape index (κ2) is 4.76. The summed E-state index contributed by atoms with van der Waals surface area (Å²) in [5.74, 6) is 0. The predicted molar refractivity (Wildman–Crippen MR) is 76.7 cm³/mol. The molecule has 5 heteroatoms. The van der Waals surface area contributed by atoms with Crippen molar-refractivity contribution >= 4 is 11.4 Å². The molecule has 1 aromatic heterocycles. The van der Waals surface area contributed by atoms with Gasteiger partial charge in [0.25, 0.3) is 5.56 Å². The van der Waals surface area contributed by atoms with Gasteiger partial charge in [0.05, 0.1) is 5.69 Å². The van der Waals surface area contributed by atoms with Gasteiger partial charge < -0.3 is 10.6 Å². The summed E-state index contributed by atoms with van der Waals surface area (Å²) in [6, 6.07) is 8.00. The maximum absolute atomic E-state index is 11.8. The Hall–Kier alpha value is -2.30. The molecule has 19 heavy (non-hydrogen) atoms. The number of hydrogen-bond donors (Lipinski definition) is 3. The van der Waals surface area contributed by atoms with Crippen LogP contribution >= 0.6 is 0 Å². The molecule has 1 aliphatic heterocycles. The highest BCUT2D eigenvalue weighted by Crippen LogP contribution is 2.30. The lowest BCUT2D eigenvalue weighted by Gasteiger charge is -2.19. The normalized spacial score (nSPS) is 13.5. The van der Waals surface area contributed by atoms with Gasteiger partial charge in [-0.25, -0.2) is 5.10 Å². The lowest BCUT2D eigenvalue weighted by molar-refractivity contribution is 0.799. The van der Waals surface area contributed by atoms with E-state index in [0.717, 1.165) is 47.6 Å². The summed E-state index contributed by atoms with van der Waals surface area (Å²) in [6.07, 6.45) is 1.79. The number of aromatic amines is 1. The molecular formula is C14H16N4O. The molecule has 3 N–H and O–H groups in total. The fourth-order valence-corrected chi connectivity index (χ4v) is 2.40. The van der Waals surface area contributed by atoms with E-state index in [1.54, 1.807) is 0 Å². The van der Waals surface area contributed by atoms with Crippen molar-refractivity contribution in [3.05, 3.63) is 40.2 Å². The molecule has 0 fully saturated rings. The Kier molecular flexibility index (Phi) is 2.95. The first kappa shape index (κ1) is 11.8. The molecule has 2 heterocycles. The molecule has 0 saturated heterocycles. The molecule has 1 aliphatic rings. The summed E-state index contributed by atoms with van der Waals surface area (Å²) >= 11 is 0. The predicted octanol–water partition coefficient (Wildman–Crippen LogP) is 1.84. The monoisotopic (exact) mass is 256 g/mol. The largest absolute Gasteiger partial charge is 0.388 e. The van der Waals surface area contributed by atoms with Crippen molar-refractivity contribution in [2.45, 2.75) is 12.8 Å². The number of benzene rings is 1. The first-order valence-electron chi connectivity index (χ1n) is 6.43. The van der Waals surface area contributed by atoms with Crippen LogP contribution in [0.5, 0.6) is 0 Å². The van der Waals surface area contributed by atoms with Gasteiger partial charge in [0.1, 0.15) is 5.69 Å². The standard InChI is InChI=1S/C14H16N4O/c1-15-10-6-4-9(5-7-10)12-13-11(3-2-8-16-13)14(19)18-17-12/h4-7,15-16H,2-3,8H2,1H3,(H,18,19). The van der Waals surface area contributed by atoms with Gasteiger partial charge in [0.15, 0.2) is 0 Å². The fraction of sp³-hybridized carbons (Fsp3) is 0.286. The topological polar surface area (TPSA) is 69.8 Å². The van der Waals surface area contributed by atoms with E-state index >= 15 is 0 Å². The van der Waals surface area contributed by atoms with Crippen LogP contribution in [0.25, 0.3) is 11.3 Å². The van der Waals surface area contributed by atoms with E-state index in [1.807, 2.05) is 31.3 Å². The minimum Gasteiger partial charge on any atom is -0.388 e. The third-order valence-corrected chi connectivity index (χ3v) is 3.43. The van der Waals surface area contributed by atoms with E-state index in [9.17, 15) is 4.79 Å². The van der Waals surface area contributed by atoms with E-state index in [2.05, 4.69) is 20.8 Å². The zero-order chi connectivity index (χ0) is 13.2. The molecule has 2 aromatic rings. The Morgan fingerprint density at radius 2 is 2.05 bits per heavy atom. The van der Waals surface area contributed by atoms with Crippen LogP contribution < -0.4 is 16.2 Å². The number of hydrogen-bond acceptors (Lipinski definition) is 4. The van der Waals surface area contributed by atoms with Crippen LogP contribution in [0, 0.1) is 0 Å². The highest BCUT2D eigenvalue weighted by Gasteiger charge is 2.18. The zero-order valence-electron chi connectivity index (χ0n) is 10.8. The van der Waals surface area contributed by atoms with Crippen molar-refractivity contribution in [3.63, 3.8) is 0 Å². The van der Waals surface area contributed by atoms with Crippen molar-refractivity contribution in [2.75, 3.05) is 24.2 Å². The van der Waals surface area contributed by atoms with Gasteiger partial charge in [-0.3, -0.25) is 4.79 Å². The van der Waals surface area contributed by atoms with Crippen molar-refractivity contribution in [1.82, 2.24) is 10.2 Å². The lowest BCUT2D eigenvalue weighted by atomic mass is 10.0. The van der Waals surface area contributed by atoms with E-state index in [4.69, 9.17) is 0 Å². The van der Waals surface area contributed by atoms with E-state index in [1.165, 1.54) is 0 Å². The van der Waals surface area contributed by atoms with Crippen LogP contribution in [0.2, 0.25) is 0 Å². The smallest absolute Gasteiger partial charge is 0.269 e. The van der Waals surface area contributed by atoms with Crippen molar-refractivity contribution in [1.29, 1.82) is 0 Å². The molecule has 0 radical (unpaired) electrons. The van der Waals surface area contributed by atoms with Crippen LogP contribution in [0.15, 0.2) is 29.1 Å². The van der Waals surface area contributed by atoms with Gasteiger partial charge in [0, 0.05) is 30.4 Å². The van der Waals surface area contributed by atoms with E-state index < -0.39 is 0 Å². The number of rotatable bonds is 2. The third kappa shape index (κ3) is 2.07. The van der Waals surface area contributed by atoms with Gasteiger partial charge >= 0.3 is 0 Å². The molecule has 98 valence electrons. The summed E-state index contributed by atoms with van der Waals surface area (Å²) in [5.41, 5.74) is 4.48. The molecule has 3 rings (SSSR count). The maximum Gasteiger partial charge on any atom is 0.269 e. The highest BCUT2D eigenvalue weighted by molar-refractivity contribution is 5.77. The number of nitrogens with zero attached hydrogens (tertiary/aromatic N) is 1. The number of nitrogens with one attached hydrogen (secondary N) is 3. The zero-order valence-corrected chi connectivity index (χ0v) is 10.8. The van der Waals surface area contributed by atoms with Crippen molar-refractivity contribution < 1.29 is 0 Å². The second-order valence-corrected chi connectivity index (χ2v) is 4.61. The minimum absolute atomic E-state index is 0.0854. The summed E-state index contributed by atoms with van der Waals surface area (Å²) < 4.78 is 0. The van der Waals surface area contributed by atoms with Crippen LogP contribution in [0.3, 0.4) is 0 Å². The molecule has 0 atom stereocenters. The first-order valence-corrected chi connectivity index (χ1v) is 6.43. The number of fused-ring (bicyclic) bond motifs is 1. The van der Waals surface area contributed by atoms with Crippen LogP contribution in [0.1, 0.15) is 12.0 Å². The van der Waals surface area contributed by atoms with Gasteiger partial charge in [-0.1, -0.05) is 12.1 Å². The van der Waals surface area contributed by atoms with E-state index in [0.29, 0.717) is 0 Å². The second-order valence-electron chi connectivity index (χ2n) is 4.61. The fourth-order valence-electron chi connectivity index (χ4n) is 2.40. The van der Waals surface area contributed by atoms with Crippen LogP contribution in [-0.2, 0) is 6.42 Å². The van der Waals surface area contributed by atoms with Crippen LogP contribution in [0.4, 0.5) is 11.4 Å². The molecule has 0 saturated carbocycles. The quantitative estimate of drug-likeness (QED) is 0.766. The highest BCUT2D eigenvalue weighted by atomic mass is 16.1. The number of aromatic nitrogens is 2. The maximum atomic E-state index is 11.8. The minimum atomic E-state index is -0.0854. The molecule has 1 aromatic carbocycles. The Morgan fingerprint density at radius 3 is 2.79 bits per heavy atom. The summed E-state index contributed by atoms with van der Waals surface area (Å²) in [7, 11) is 1.89. The summed E-state index contributed by atoms with van der Waals surface area (Å²) in [4.78, 5) is 11.8. The average molecular weight is 256 g/mol. The molecule has 5 nitrogen and oxygen atoms in total. The third-order valence-electron chi connectivity index (χ3n) is 3.43. The molecule has 0 amide bonds. The SMILES string of the molecule is CNc1ccc(-c2n[nH]c(=O)c3c2NCCC3)cc1.